The first kappa shape index (κ1) is 15.6. The Morgan fingerprint density at radius 3 is 2.62 bits per heavy atom. The lowest BCUT2D eigenvalue weighted by Gasteiger charge is -2.13. The molecule has 1 unspecified atom stereocenters. The smallest absolute Gasteiger partial charge is 0.251 e. The molecule has 0 radical (unpaired) electrons. The van der Waals surface area contributed by atoms with Crippen LogP contribution in [0, 0.1) is 0 Å². The summed E-state index contributed by atoms with van der Waals surface area (Å²) in [7, 11) is 0. The molecule has 1 amide bonds. The second-order valence-electron chi connectivity index (χ2n) is 5.16. The number of hydrogen-bond donors (Lipinski definition) is 2. The molecule has 0 spiro atoms. The van der Waals surface area contributed by atoms with E-state index in [4.69, 9.17) is 0 Å². The molecule has 0 bridgehead atoms. The van der Waals surface area contributed by atoms with Gasteiger partial charge >= 0.3 is 0 Å². The average molecular weight is 302 g/mol. The summed E-state index contributed by atoms with van der Waals surface area (Å²) >= 11 is 1.72. The van der Waals surface area contributed by atoms with Gasteiger partial charge in [0.15, 0.2) is 0 Å². The number of rotatable bonds is 7. The van der Waals surface area contributed by atoms with Crippen LogP contribution < -0.4 is 10.6 Å². The zero-order valence-corrected chi connectivity index (χ0v) is 13.4. The van der Waals surface area contributed by atoms with Gasteiger partial charge in [-0.05, 0) is 49.1 Å². The molecule has 2 aromatic rings. The fourth-order valence-corrected chi connectivity index (χ4v) is 2.93. The minimum atomic E-state index is -0.0129. The third-order valence-corrected chi connectivity index (χ3v) is 4.09. The monoisotopic (exact) mass is 302 g/mol. The van der Waals surface area contributed by atoms with Crippen molar-refractivity contribution in [3.63, 3.8) is 0 Å². The number of carbonyl (C=O) groups is 1. The molecule has 2 N–H and O–H groups in total. The van der Waals surface area contributed by atoms with Crippen LogP contribution in [0.4, 0.5) is 5.69 Å². The van der Waals surface area contributed by atoms with Crippen molar-refractivity contribution in [2.24, 2.45) is 0 Å². The van der Waals surface area contributed by atoms with E-state index in [0.717, 1.165) is 25.1 Å². The largest absolute Gasteiger partial charge is 0.385 e. The molecule has 0 aliphatic heterocycles. The van der Waals surface area contributed by atoms with Gasteiger partial charge in [-0.1, -0.05) is 13.0 Å². The Morgan fingerprint density at radius 2 is 2.00 bits per heavy atom. The number of thiophene rings is 1. The second kappa shape index (κ2) is 7.84. The minimum Gasteiger partial charge on any atom is -0.385 e. The molecule has 3 nitrogen and oxygen atoms in total. The Morgan fingerprint density at radius 1 is 1.24 bits per heavy atom. The number of nitrogens with one attached hydrogen (secondary N) is 2. The fraction of sp³-hybridized carbons (Fsp3) is 0.353. The summed E-state index contributed by atoms with van der Waals surface area (Å²) in [6, 6.07) is 11.9. The molecule has 1 heterocycles. The van der Waals surface area contributed by atoms with Gasteiger partial charge in [0.1, 0.15) is 0 Å². The van der Waals surface area contributed by atoms with Gasteiger partial charge in [-0.15, -0.1) is 11.3 Å². The van der Waals surface area contributed by atoms with Gasteiger partial charge in [-0.3, -0.25) is 4.79 Å². The summed E-state index contributed by atoms with van der Waals surface area (Å²) in [6.45, 7) is 5.11. The summed E-state index contributed by atoms with van der Waals surface area (Å²) in [5.41, 5.74) is 1.76. The quantitative estimate of drug-likeness (QED) is 0.813. The third-order valence-electron chi connectivity index (χ3n) is 3.19. The second-order valence-corrected chi connectivity index (χ2v) is 6.19. The van der Waals surface area contributed by atoms with Crippen LogP contribution in [0.5, 0.6) is 0 Å². The van der Waals surface area contributed by atoms with Crippen molar-refractivity contribution >= 4 is 22.9 Å². The molecule has 1 atom stereocenters. The zero-order chi connectivity index (χ0) is 15.1. The predicted molar refractivity (Wildman–Crippen MR) is 90.2 cm³/mol. The molecule has 112 valence electrons. The van der Waals surface area contributed by atoms with Crippen molar-refractivity contribution < 1.29 is 4.79 Å². The lowest BCUT2D eigenvalue weighted by atomic mass is 10.1. The maximum absolute atomic E-state index is 12.2. The Labute approximate surface area is 130 Å². The van der Waals surface area contributed by atoms with Crippen LogP contribution in [-0.4, -0.2) is 18.5 Å². The molecule has 0 saturated heterocycles. The van der Waals surface area contributed by atoms with Crippen LogP contribution >= 0.6 is 11.3 Å². The van der Waals surface area contributed by atoms with E-state index in [0.29, 0.717) is 5.56 Å². The van der Waals surface area contributed by atoms with Gasteiger partial charge in [-0.2, -0.15) is 0 Å². The number of hydrogen-bond acceptors (Lipinski definition) is 3. The van der Waals surface area contributed by atoms with Crippen molar-refractivity contribution in [2.45, 2.75) is 32.7 Å². The highest BCUT2D eigenvalue weighted by molar-refractivity contribution is 7.09. The van der Waals surface area contributed by atoms with E-state index >= 15 is 0 Å². The summed E-state index contributed by atoms with van der Waals surface area (Å²) in [4.78, 5) is 13.5. The van der Waals surface area contributed by atoms with E-state index in [1.165, 1.54) is 4.88 Å². The first-order valence-electron chi connectivity index (χ1n) is 7.36. The van der Waals surface area contributed by atoms with Crippen LogP contribution in [-0.2, 0) is 6.42 Å². The van der Waals surface area contributed by atoms with Gasteiger partial charge in [0.2, 0.25) is 0 Å². The van der Waals surface area contributed by atoms with Crippen molar-refractivity contribution in [3.8, 4) is 0 Å². The lowest BCUT2D eigenvalue weighted by Crippen LogP contribution is -2.33. The topological polar surface area (TPSA) is 41.1 Å². The fourth-order valence-electron chi connectivity index (χ4n) is 2.10. The molecule has 0 fully saturated rings. The SMILES string of the molecule is CCCNc1ccc(C(=O)NC(C)Cc2cccs2)cc1. The molecule has 4 heteroatoms. The van der Waals surface area contributed by atoms with Crippen molar-refractivity contribution in [1.29, 1.82) is 0 Å². The Hall–Kier alpha value is -1.81. The maximum Gasteiger partial charge on any atom is 0.251 e. The van der Waals surface area contributed by atoms with E-state index in [1.54, 1.807) is 11.3 Å². The average Bonchev–Trinajstić information content (AvgIpc) is 2.98. The Bertz CT molecular complexity index is 549. The molecular weight excluding hydrogens is 280 g/mol. The molecule has 1 aromatic heterocycles. The van der Waals surface area contributed by atoms with Gasteiger partial charge < -0.3 is 10.6 Å². The number of benzene rings is 1. The van der Waals surface area contributed by atoms with Gasteiger partial charge in [0.05, 0.1) is 0 Å². The first-order chi connectivity index (χ1) is 10.2. The van der Waals surface area contributed by atoms with Crippen LogP contribution in [0.2, 0.25) is 0 Å². The van der Waals surface area contributed by atoms with Crippen LogP contribution in [0.15, 0.2) is 41.8 Å². The zero-order valence-electron chi connectivity index (χ0n) is 12.6. The van der Waals surface area contributed by atoms with E-state index in [1.807, 2.05) is 37.3 Å². The normalized spacial score (nSPS) is 11.9. The molecule has 0 aliphatic carbocycles. The molecule has 21 heavy (non-hydrogen) atoms. The summed E-state index contributed by atoms with van der Waals surface area (Å²) < 4.78 is 0. The highest BCUT2D eigenvalue weighted by atomic mass is 32.1. The van der Waals surface area contributed by atoms with Gasteiger partial charge in [0.25, 0.3) is 5.91 Å². The molecule has 0 aliphatic rings. The molecule has 1 aromatic carbocycles. The predicted octanol–water partition coefficient (Wildman–Crippen LogP) is 3.93. The van der Waals surface area contributed by atoms with E-state index in [-0.39, 0.29) is 11.9 Å². The molecular formula is C17H22N2OS. The van der Waals surface area contributed by atoms with Crippen molar-refractivity contribution in [2.75, 3.05) is 11.9 Å². The number of carbonyl (C=O) groups excluding carboxylic acids is 1. The van der Waals surface area contributed by atoms with E-state index in [9.17, 15) is 4.79 Å². The summed E-state index contributed by atoms with van der Waals surface area (Å²) in [6.07, 6.45) is 1.96. The first-order valence-corrected chi connectivity index (χ1v) is 8.24. The standard InChI is InChI=1S/C17H22N2OS/c1-3-10-18-15-8-6-14(7-9-15)17(20)19-13(2)12-16-5-4-11-21-16/h4-9,11,13,18H,3,10,12H2,1-2H3,(H,19,20). The minimum absolute atomic E-state index is 0.0129. The summed E-state index contributed by atoms with van der Waals surface area (Å²) in [5.74, 6) is -0.0129. The highest BCUT2D eigenvalue weighted by Gasteiger charge is 2.10. The van der Waals surface area contributed by atoms with Crippen molar-refractivity contribution in [1.82, 2.24) is 5.32 Å². The molecule has 2 rings (SSSR count). The van der Waals surface area contributed by atoms with Crippen LogP contribution in [0.25, 0.3) is 0 Å². The van der Waals surface area contributed by atoms with Crippen molar-refractivity contribution in [3.05, 3.63) is 52.2 Å². The Balaban J connectivity index is 1.87. The van der Waals surface area contributed by atoms with Gasteiger partial charge in [-0.25, -0.2) is 0 Å². The van der Waals surface area contributed by atoms with Crippen LogP contribution in [0.1, 0.15) is 35.5 Å². The van der Waals surface area contributed by atoms with E-state index < -0.39 is 0 Å². The maximum atomic E-state index is 12.2. The highest BCUT2D eigenvalue weighted by Crippen LogP contribution is 2.12. The molecule has 0 saturated carbocycles. The van der Waals surface area contributed by atoms with E-state index in [2.05, 4.69) is 29.0 Å². The number of anilines is 1. The Kier molecular flexibility index (Phi) is 5.81. The lowest BCUT2D eigenvalue weighted by molar-refractivity contribution is 0.0940. The summed E-state index contributed by atoms with van der Waals surface area (Å²) in [5, 5.41) is 8.41. The van der Waals surface area contributed by atoms with Gasteiger partial charge in [0, 0.05) is 35.1 Å². The number of amides is 1. The van der Waals surface area contributed by atoms with Crippen LogP contribution in [0.3, 0.4) is 0 Å². The third kappa shape index (κ3) is 4.90.